The number of hydrazone groups is 1. The number of benzene rings is 2. The van der Waals surface area contributed by atoms with Gasteiger partial charge in [0.1, 0.15) is 0 Å². The molecule has 0 aliphatic carbocycles. The van der Waals surface area contributed by atoms with Crippen LogP contribution in [0, 0.1) is 20.8 Å². The molecule has 0 unspecified atom stereocenters. The fraction of sp³-hybridized carbons (Fsp3) is 0.263. The number of hydrogen-bond donors (Lipinski definition) is 2. The van der Waals surface area contributed by atoms with Crippen LogP contribution in [0.2, 0.25) is 0 Å². The molecule has 0 fully saturated rings. The van der Waals surface area contributed by atoms with Crippen LogP contribution in [0.4, 0.5) is 5.69 Å². The summed E-state index contributed by atoms with van der Waals surface area (Å²) < 4.78 is 0. The van der Waals surface area contributed by atoms with Gasteiger partial charge in [-0.2, -0.15) is 5.10 Å². The molecule has 0 saturated heterocycles. The Bertz CT molecular complexity index is 716. The van der Waals surface area contributed by atoms with Crippen LogP contribution >= 0.6 is 11.8 Å². The van der Waals surface area contributed by atoms with Crippen molar-refractivity contribution in [2.75, 3.05) is 18.1 Å². The Morgan fingerprint density at radius 2 is 1.75 bits per heavy atom. The van der Waals surface area contributed by atoms with Crippen LogP contribution in [0.25, 0.3) is 0 Å². The zero-order valence-corrected chi connectivity index (χ0v) is 15.3. The van der Waals surface area contributed by atoms with Crippen molar-refractivity contribution in [1.82, 2.24) is 5.43 Å². The Labute approximate surface area is 147 Å². The highest BCUT2D eigenvalue weighted by molar-refractivity contribution is 7.98. The van der Waals surface area contributed by atoms with Crippen molar-refractivity contribution < 1.29 is 4.79 Å². The minimum atomic E-state index is -0.175. The molecule has 0 radical (unpaired) electrons. The van der Waals surface area contributed by atoms with Gasteiger partial charge in [0.05, 0.1) is 12.8 Å². The Morgan fingerprint density at radius 1 is 1.12 bits per heavy atom. The lowest BCUT2D eigenvalue weighted by atomic mass is 10.1. The van der Waals surface area contributed by atoms with E-state index in [1.807, 2.05) is 44.4 Å². The van der Waals surface area contributed by atoms with Gasteiger partial charge < -0.3 is 5.32 Å². The maximum absolute atomic E-state index is 11.9. The van der Waals surface area contributed by atoms with Crippen molar-refractivity contribution in [3.8, 4) is 0 Å². The third-order valence-electron chi connectivity index (χ3n) is 3.62. The number of amides is 1. The minimum absolute atomic E-state index is 0.175. The van der Waals surface area contributed by atoms with E-state index in [2.05, 4.69) is 34.9 Å². The molecule has 5 heteroatoms. The Balaban J connectivity index is 1.86. The fourth-order valence-electron chi connectivity index (χ4n) is 2.54. The highest BCUT2D eigenvalue weighted by Crippen LogP contribution is 2.21. The number of thioether (sulfide) groups is 1. The van der Waals surface area contributed by atoms with Crippen molar-refractivity contribution in [3.05, 3.63) is 58.7 Å². The lowest BCUT2D eigenvalue weighted by Crippen LogP contribution is -2.26. The summed E-state index contributed by atoms with van der Waals surface area (Å²) in [5.74, 6) is -0.175. The van der Waals surface area contributed by atoms with E-state index >= 15 is 0 Å². The first-order valence-electron chi connectivity index (χ1n) is 7.77. The Hall–Kier alpha value is -2.27. The van der Waals surface area contributed by atoms with Crippen LogP contribution in [-0.2, 0) is 4.79 Å². The number of carbonyl (C=O) groups is 1. The van der Waals surface area contributed by atoms with E-state index in [0.717, 1.165) is 22.4 Å². The Morgan fingerprint density at radius 3 is 2.33 bits per heavy atom. The van der Waals surface area contributed by atoms with Crippen LogP contribution in [0.1, 0.15) is 22.3 Å². The van der Waals surface area contributed by atoms with Crippen LogP contribution in [0.15, 0.2) is 46.4 Å². The second-order valence-corrected chi connectivity index (χ2v) is 6.57. The fourth-order valence-corrected chi connectivity index (χ4v) is 2.94. The average molecular weight is 341 g/mol. The number of nitrogens with one attached hydrogen (secondary N) is 2. The number of carbonyl (C=O) groups excluding carboxylic acids is 1. The monoisotopic (exact) mass is 341 g/mol. The van der Waals surface area contributed by atoms with Crippen molar-refractivity contribution >= 4 is 29.6 Å². The molecule has 2 rings (SSSR count). The van der Waals surface area contributed by atoms with E-state index in [4.69, 9.17) is 0 Å². The highest BCUT2D eigenvalue weighted by atomic mass is 32.2. The second kappa shape index (κ2) is 8.55. The molecule has 2 aromatic carbocycles. The number of anilines is 1. The van der Waals surface area contributed by atoms with Crippen LogP contribution < -0.4 is 10.7 Å². The molecule has 0 aromatic heterocycles. The van der Waals surface area contributed by atoms with E-state index in [1.54, 1.807) is 18.0 Å². The van der Waals surface area contributed by atoms with Crippen LogP contribution in [-0.4, -0.2) is 24.9 Å². The minimum Gasteiger partial charge on any atom is -0.376 e. The van der Waals surface area contributed by atoms with Gasteiger partial charge in [-0.15, -0.1) is 11.8 Å². The maximum Gasteiger partial charge on any atom is 0.259 e. The van der Waals surface area contributed by atoms with E-state index in [0.29, 0.717) is 0 Å². The molecule has 0 atom stereocenters. The molecular weight excluding hydrogens is 318 g/mol. The summed E-state index contributed by atoms with van der Waals surface area (Å²) >= 11 is 1.69. The molecule has 24 heavy (non-hydrogen) atoms. The summed E-state index contributed by atoms with van der Waals surface area (Å²) in [6, 6.07) is 12.2. The molecule has 2 aromatic rings. The summed E-state index contributed by atoms with van der Waals surface area (Å²) in [6.45, 7) is 6.33. The predicted octanol–water partition coefficient (Wildman–Crippen LogP) is 3.90. The van der Waals surface area contributed by atoms with E-state index in [9.17, 15) is 4.79 Å². The average Bonchev–Trinajstić information content (AvgIpc) is 2.54. The lowest BCUT2D eigenvalue weighted by Gasteiger charge is -2.13. The molecule has 0 heterocycles. The zero-order chi connectivity index (χ0) is 17.5. The third-order valence-corrected chi connectivity index (χ3v) is 4.36. The van der Waals surface area contributed by atoms with Gasteiger partial charge in [-0.1, -0.05) is 29.8 Å². The van der Waals surface area contributed by atoms with E-state index in [1.165, 1.54) is 10.5 Å². The van der Waals surface area contributed by atoms with Crippen molar-refractivity contribution in [2.45, 2.75) is 25.7 Å². The first-order chi connectivity index (χ1) is 11.5. The highest BCUT2D eigenvalue weighted by Gasteiger charge is 2.05. The third kappa shape index (κ3) is 5.13. The molecule has 1 amide bonds. The van der Waals surface area contributed by atoms with Crippen LogP contribution in [0.3, 0.4) is 0 Å². The largest absolute Gasteiger partial charge is 0.376 e. The predicted molar refractivity (Wildman–Crippen MR) is 103 cm³/mol. The summed E-state index contributed by atoms with van der Waals surface area (Å²) in [4.78, 5) is 13.1. The smallest absolute Gasteiger partial charge is 0.259 e. The van der Waals surface area contributed by atoms with Crippen molar-refractivity contribution in [3.63, 3.8) is 0 Å². The standard InChI is InChI=1S/C19H23N3OS/c1-13-9-14(2)19(15(3)10-13)20-12-18(23)22-21-11-16-5-7-17(24-4)8-6-16/h5-11,20H,12H2,1-4H3,(H,22,23)/b21-11-. The molecule has 0 aliphatic heterocycles. The quantitative estimate of drug-likeness (QED) is 0.476. The molecular formula is C19H23N3OS. The van der Waals surface area contributed by atoms with Gasteiger partial charge in [0, 0.05) is 10.6 Å². The van der Waals surface area contributed by atoms with E-state index < -0.39 is 0 Å². The van der Waals surface area contributed by atoms with Gasteiger partial charge in [0.2, 0.25) is 0 Å². The molecule has 0 saturated carbocycles. The van der Waals surface area contributed by atoms with E-state index in [-0.39, 0.29) is 12.5 Å². The summed E-state index contributed by atoms with van der Waals surface area (Å²) in [7, 11) is 0. The Kier molecular flexibility index (Phi) is 6.44. The molecule has 0 aliphatic rings. The molecule has 2 N–H and O–H groups in total. The number of aryl methyl sites for hydroxylation is 3. The number of hydrogen-bond acceptors (Lipinski definition) is 4. The van der Waals surface area contributed by atoms with Gasteiger partial charge in [-0.25, -0.2) is 5.43 Å². The van der Waals surface area contributed by atoms with Gasteiger partial charge in [-0.05, 0) is 55.9 Å². The van der Waals surface area contributed by atoms with Gasteiger partial charge in [-0.3, -0.25) is 4.79 Å². The van der Waals surface area contributed by atoms with Gasteiger partial charge in [0.25, 0.3) is 5.91 Å². The maximum atomic E-state index is 11.9. The van der Waals surface area contributed by atoms with Gasteiger partial charge >= 0.3 is 0 Å². The molecule has 0 bridgehead atoms. The summed E-state index contributed by atoms with van der Waals surface area (Å²) in [5, 5.41) is 7.18. The topological polar surface area (TPSA) is 53.5 Å². The van der Waals surface area contributed by atoms with Crippen molar-refractivity contribution in [2.24, 2.45) is 5.10 Å². The second-order valence-electron chi connectivity index (χ2n) is 5.69. The number of nitrogens with zero attached hydrogens (tertiary/aromatic N) is 1. The molecule has 4 nitrogen and oxygen atoms in total. The normalized spacial score (nSPS) is 10.8. The number of rotatable bonds is 6. The SMILES string of the molecule is CSc1ccc(/C=N\NC(=O)CNc2c(C)cc(C)cc2C)cc1. The van der Waals surface area contributed by atoms with Gasteiger partial charge in [0.15, 0.2) is 0 Å². The summed E-state index contributed by atoms with van der Waals surface area (Å²) in [6.07, 6.45) is 3.68. The zero-order valence-electron chi connectivity index (χ0n) is 14.5. The molecule has 0 spiro atoms. The molecule has 126 valence electrons. The summed E-state index contributed by atoms with van der Waals surface area (Å²) in [5.41, 5.74) is 7.99. The first-order valence-corrected chi connectivity index (χ1v) is 8.99. The van der Waals surface area contributed by atoms with Crippen LogP contribution in [0.5, 0.6) is 0 Å². The lowest BCUT2D eigenvalue weighted by molar-refractivity contribution is -0.119. The van der Waals surface area contributed by atoms with Crippen molar-refractivity contribution in [1.29, 1.82) is 0 Å². The first kappa shape index (κ1) is 18.1.